The molecule has 3 heterocycles. The van der Waals surface area contributed by atoms with Gasteiger partial charge in [-0.2, -0.15) is 0 Å². The highest BCUT2D eigenvalue weighted by Crippen LogP contribution is 2.25. The van der Waals surface area contributed by atoms with Crippen LogP contribution in [-0.4, -0.2) is 43.7 Å². The number of morpholine rings is 1. The molecule has 24 heavy (non-hydrogen) atoms. The zero-order valence-electron chi connectivity index (χ0n) is 13.1. The van der Waals surface area contributed by atoms with Crippen LogP contribution in [0.5, 0.6) is 0 Å². The van der Waals surface area contributed by atoms with Crippen LogP contribution in [0.1, 0.15) is 16.7 Å². The molecule has 1 aliphatic heterocycles. The van der Waals surface area contributed by atoms with Gasteiger partial charge in [0, 0.05) is 30.6 Å². The van der Waals surface area contributed by atoms with Crippen molar-refractivity contribution < 1.29 is 13.9 Å². The van der Waals surface area contributed by atoms with Crippen molar-refractivity contribution in [2.75, 3.05) is 32.8 Å². The summed E-state index contributed by atoms with van der Waals surface area (Å²) in [4.78, 5) is 15.7. The van der Waals surface area contributed by atoms with E-state index < -0.39 is 0 Å². The van der Waals surface area contributed by atoms with Crippen molar-refractivity contribution in [1.82, 2.24) is 10.2 Å². The van der Waals surface area contributed by atoms with Crippen LogP contribution in [-0.2, 0) is 9.53 Å². The molecule has 0 saturated carbocycles. The number of halogens is 1. The Balaban J connectivity index is 1.58. The minimum absolute atomic E-state index is 0.127. The molecule has 1 N–H and O–H groups in total. The molecule has 1 saturated heterocycles. The fraction of sp³-hybridized carbons (Fsp3) is 0.353. The van der Waals surface area contributed by atoms with Crippen molar-refractivity contribution in [1.29, 1.82) is 0 Å². The summed E-state index contributed by atoms with van der Waals surface area (Å²) in [5, 5.41) is 5.06. The first-order chi connectivity index (χ1) is 11.7. The molecular weight excluding hydrogens is 392 g/mol. The average molecular weight is 411 g/mol. The van der Waals surface area contributed by atoms with Crippen LogP contribution in [0.25, 0.3) is 6.08 Å². The number of carbonyl (C=O) groups excluding carboxylic acids is 1. The van der Waals surface area contributed by atoms with E-state index in [0.29, 0.717) is 17.0 Å². The van der Waals surface area contributed by atoms with Crippen molar-refractivity contribution >= 4 is 39.2 Å². The average Bonchev–Trinajstić information content (AvgIpc) is 3.26. The van der Waals surface area contributed by atoms with E-state index in [4.69, 9.17) is 9.15 Å². The molecule has 1 unspecified atom stereocenters. The maximum atomic E-state index is 12.1. The van der Waals surface area contributed by atoms with Crippen LogP contribution in [0.2, 0.25) is 0 Å². The first-order valence-corrected chi connectivity index (χ1v) is 9.46. The lowest BCUT2D eigenvalue weighted by Gasteiger charge is -2.34. The highest BCUT2D eigenvalue weighted by atomic mass is 79.9. The largest absolute Gasteiger partial charge is 0.450 e. The fourth-order valence-corrected chi connectivity index (χ4v) is 3.79. The number of nitrogens with zero attached hydrogens (tertiary/aromatic N) is 1. The van der Waals surface area contributed by atoms with E-state index in [0.717, 1.165) is 26.3 Å². The van der Waals surface area contributed by atoms with Crippen LogP contribution in [0, 0.1) is 0 Å². The van der Waals surface area contributed by atoms with Gasteiger partial charge in [-0.15, -0.1) is 11.3 Å². The molecule has 2 aromatic heterocycles. The second-order valence-electron chi connectivity index (χ2n) is 5.40. The number of rotatable bonds is 6. The number of nitrogens with one attached hydrogen (secondary N) is 1. The predicted molar refractivity (Wildman–Crippen MR) is 97.9 cm³/mol. The smallest absolute Gasteiger partial charge is 0.244 e. The number of hydrogen-bond donors (Lipinski definition) is 1. The van der Waals surface area contributed by atoms with E-state index in [2.05, 4.69) is 37.6 Å². The van der Waals surface area contributed by atoms with Crippen LogP contribution in [0.4, 0.5) is 0 Å². The second-order valence-corrected chi connectivity index (χ2v) is 7.16. The standard InChI is InChI=1S/C17H19BrN2O3S/c18-16-5-3-13(23-16)4-6-17(21)19-12-14(15-2-1-11-24-15)20-7-9-22-10-8-20/h1-6,11,14H,7-10,12H2,(H,19,21). The van der Waals surface area contributed by atoms with E-state index in [1.807, 2.05) is 6.07 Å². The van der Waals surface area contributed by atoms with Crippen LogP contribution >= 0.6 is 27.3 Å². The highest BCUT2D eigenvalue weighted by Gasteiger charge is 2.23. The van der Waals surface area contributed by atoms with E-state index in [-0.39, 0.29) is 11.9 Å². The molecule has 1 atom stereocenters. The van der Waals surface area contributed by atoms with Gasteiger partial charge in [0.15, 0.2) is 4.67 Å². The topological polar surface area (TPSA) is 54.7 Å². The Kier molecular flexibility index (Phi) is 6.25. The molecule has 5 nitrogen and oxygen atoms in total. The number of furan rings is 1. The van der Waals surface area contributed by atoms with E-state index in [1.54, 1.807) is 29.5 Å². The SMILES string of the molecule is O=C(C=Cc1ccc(Br)o1)NCC(c1cccs1)N1CCOCC1. The number of ether oxygens (including phenoxy) is 1. The van der Waals surface area contributed by atoms with Gasteiger partial charge < -0.3 is 14.5 Å². The number of amides is 1. The molecule has 7 heteroatoms. The van der Waals surface area contributed by atoms with Gasteiger partial charge in [-0.05, 0) is 45.6 Å². The van der Waals surface area contributed by atoms with Crippen molar-refractivity contribution in [2.45, 2.75) is 6.04 Å². The third-order valence-electron chi connectivity index (χ3n) is 3.82. The monoisotopic (exact) mass is 410 g/mol. The molecular formula is C17H19BrN2O3S. The van der Waals surface area contributed by atoms with Gasteiger partial charge >= 0.3 is 0 Å². The molecule has 3 rings (SSSR count). The lowest BCUT2D eigenvalue weighted by atomic mass is 10.2. The number of hydrogen-bond acceptors (Lipinski definition) is 5. The first-order valence-electron chi connectivity index (χ1n) is 7.79. The first kappa shape index (κ1) is 17.4. The van der Waals surface area contributed by atoms with Crippen LogP contribution in [0.15, 0.2) is 44.8 Å². The summed E-state index contributed by atoms with van der Waals surface area (Å²) in [7, 11) is 0. The molecule has 0 aliphatic carbocycles. The van der Waals surface area contributed by atoms with Crippen LogP contribution < -0.4 is 5.32 Å². The van der Waals surface area contributed by atoms with Gasteiger partial charge in [0.2, 0.25) is 5.91 Å². The summed E-state index contributed by atoms with van der Waals surface area (Å²) < 4.78 is 11.4. The Morgan fingerprint density at radius 3 is 2.88 bits per heavy atom. The number of thiophene rings is 1. The van der Waals surface area contributed by atoms with Gasteiger partial charge in [0.05, 0.1) is 19.3 Å². The summed E-state index contributed by atoms with van der Waals surface area (Å²) in [6, 6.07) is 7.94. The molecule has 1 aliphatic rings. The molecule has 0 bridgehead atoms. The van der Waals surface area contributed by atoms with Gasteiger partial charge in [-0.3, -0.25) is 9.69 Å². The van der Waals surface area contributed by atoms with E-state index in [9.17, 15) is 4.79 Å². The Bertz CT molecular complexity index is 678. The summed E-state index contributed by atoms with van der Waals surface area (Å²) in [5.74, 6) is 0.511. The summed E-state index contributed by atoms with van der Waals surface area (Å²) in [6.07, 6.45) is 3.16. The maximum Gasteiger partial charge on any atom is 0.244 e. The lowest BCUT2D eigenvalue weighted by Crippen LogP contribution is -2.43. The second kappa shape index (κ2) is 8.62. The molecule has 128 valence electrons. The Hall–Kier alpha value is -1.41. The maximum absolute atomic E-state index is 12.1. The minimum atomic E-state index is -0.127. The van der Waals surface area contributed by atoms with E-state index >= 15 is 0 Å². The Labute approximate surface area is 153 Å². The molecule has 1 fully saturated rings. The third kappa shape index (κ3) is 4.80. The summed E-state index contributed by atoms with van der Waals surface area (Å²) in [6.45, 7) is 3.82. The predicted octanol–water partition coefficient (Wildman–Crippen LogP) is 3.31. The normalized spacial score (nSPS) is 17.2. The fourth-order valence-electron chi connectivity index (χ4n) is 2.61. The molecule has 2 aromatic rings. The Morgan fingerprint density at radius 1 is 1.38 bits per heavy atom. The van der Waals surface area contributed by atoms with E-state index in [1.165, 1.54) is 11.0 Å². The summed E-state index contributed by atoms with van der Waals surface area (Å²) >= 11 is 4.96. The Morgan fingerprint density at radius 2 is 2.21 bits per heavy atom. The number of carbonyl (C=O) groups is 1. The van der Waals surface area contributed by atoms with Gasteiger partial charge in [-0.25, -0.2) is 0 Å². The van der Waals surface area contributed by atoms with Crippen LogP contribution in [0.3, 0.4) is 0 Å². The summed E-state index contributed by atoms with van der Waals surface area (Å²) in [5.41, 5.74) is 0. The zero-order valence-corrected chi connectivity index (χ0v) is 15.5. The molecule has 1 amide bonds. The van der Waals surface area contributed by atoms with Gasteiger partial charge in [-0.1, -0.05) is 6.07 Å². The molecule has 0 radical (unpaired) electrons. The highest BCUT2D eigenvalue weighted by molar-refractivity contribution is 9.10. The van der Waals surface area contributed by atoms with Crippen molar-refractivity contribution in [3.63, 3.8) is 0 Å². The van der Waals surface area contributed by atoms with Gasteiger partial charge in [0.25, 0.3) is 0 Å². The van der Waals surface area contributed by atoms with Crippen molar-refractivity contribution in [3.05, 3.63) is 51.0 Å². The molecule has 0 spiro atoms. The quantitative estimate of drug-likeness (QED) is 0.742. The minimum Gasteiger partial charge on any atom is -0.450 e. The third-order valence-corrected chi connectivity index (χ3v) is 5.22. The van der Waals surface area contributed by atoms with Crippen molar-refractivity contribution in [3.8, 4) is 0 Å². The zero-order chi connectivity index (χ0) is 16.8. The van der Waals surface area contributed by atoms with Gasteiger partial charge in [0.1, 0.15) is 5.76 Å². The molecule has 0 aromatic carbocycles. The van der Waals surface area contributed by atoms with Crippen molar-refractivity contribution in [2.24, 2.45) is 0 Å². The lowest BCUT2D eigenvalue weighted by molar-refractivity contribution is -0.116.